The van der Waals surface area contributed by atoms with Crippen LogP contribution in [-0.4, -0.2) is 35.8 Å². The molecule has 0 aliphatic rings. The molecule has 0 spiro atoms. The molecule has 0 aromatic heterocycles. The van der Waals surface area contributed by atoms with E-state index in [0.29, 0.717) is 38.7 Å². The summed E-state index contributed by atoms with van der Waals surface area (Å²) in [5, 5.41) is 13.4. The quantitative estimate of drug-likeness (QED) is 0.223. The van der Waals surface area contributed by atoms with Crippen molar-refractivity contribution in [2.45, 2.75) is 51.8 Å². The number of ether oxygens (including phenoxy) is 1. The van der Waals surface area contributed by atoms with Crippen LogP contribution in [0.25, 0.3) is 21.5 Å². The predicted molar refractivity (Wildman–Crippen MR) is 134 cm³/mol. The van der Waals surface area contributed by atoms with Crippen LogP contribution in [0, 0.1) is 0 Å². The number of carbonyl (C=O) groups is 1. The van der Waals surface area contributed by atoms with Gasteiger partial charge in [-0.3, -0.25) is 0 Å². The van der Waals surface area contributed by atoms with Crippen molar-refractivity contribution in [3.8, 4) is 0 Å². The van der Waals surface area contributed by atoms with E-state index >= 15 is 0 Å². The van der Waals surface area contributed by atoms with Gasteiger partial charge in [0.1, 0.15) is 0 Å². The van der Waals surface area contributed by atoms with Gasteiger partial charge in [0.2, 0.25) is 0 Å². The van der Waals surface area contributed by atoms with Crippen molar-refractivity contribution < 1.29 is 27.8 Å². The van der Waals surface area contributed by atoms with E-state index in [1.165, 1.54) is 12.1 Å². The van der Waals surface area contributed by atoms with E-state index in [2.05, 4.69) is 6.92 Å². The van der Waals surface area contributed by atoms with Gasteiger partial charge in [-0.15, -0.1) is 0 Å². The highest BCUT2D eigenvalue weighted by molar-refractivity contribution is 6.39. The molecule has 35 heavy (non-hydrogen) atoms. The van der Waals surface area contributed by atoms with E-state index in [0.717, 1.165) is 31.4 Å². The molecular weight excluding hydrogens is 502 g/mol. The minimum atomic E-state index is -4.53. The Kier molecular flexibility index (Phi) is 9.13. The van der Waals surface area contributed by atoms with E-state index in [-0.39, 0.29) is 24.6 Å². The molecule has 1 amide bonds. The highest BCUT2D eigenvalue weighted by Gasteiger charge is 2.31. The summed E-state index contributed by atoms with van der Waals surface area (Å²) in [7, 11) is 0. The van der Waals surface area contributed by atoms with Crippen molar-refractivity contribution >= 4 is 50.8 Å². The highest BCUT2D eigenvalue weighted by atomic mass is 35.5. The molecule has 0 fully saturated rings. The molecule has 0 saturated carbocycles. The number of fused-ring (bicyclic) bond motifs is 3. The van der Waals surface area contributed by atoms with Crippen molar-refractivity contribution in [1.82, 2.24) is 4.90 Å². The number of aliphatic hydroxyl groups is 1. The minimum absolute atomic E-state index is 0.178. The number of aliphatic hydroxyl groups excluding tert-OH is 1. The Balaban J connectivity index is 2.02. The highest BCUT2D eigenvalue weighted by Crippen LogP contribution is 2.40. The molecule has 0 aliphatic carbocycles. The molecule has 3 rings (SSSR count). The molecule has 4 nitrogen and oxygen atoms in total. The molecule has 0 heterocycles. The second kappa shape index (κ2) is 11.7. The summed E-state index contributed by atoms with van der Waals surface area (Å²) in [5.41, 5.74) is -0.374. The molecule has 9 heteroatoms. The number of carbonyl (C=O) groups excluding carboxylic acids is 1. The fourth-order valence-electron chi connectivity index (χ4n) is 4.15. The Morgan fingerprint density at radius 1 is 1.00 bits per heavy atom. The van der Waals surface area contributed by atoms with E-state index in [4.69, 9.17) is 27.9 Å². The summed E-state index contributed by atoms with van der Waals surface area (Å²) >= 11 is 12.5. The number of hydrogen-bond acceptors (Lipinski definition) is 3. The van der Waals surface area contributed by atoms with Crippen molar-refractivity contribution in [3.63, 3.8) is 0 Å². The first-order valence-electron chi connectivity index (χ1n) is 11.6. The van der Waals surface area contributed by atoms with Crippen LogP contribution in [0.4, 0.5) is 18.0 Å². The molecule has 0 bridgehead atoms. The number of rotatable bonds is 9. The summed E-state index contributed by atoms with van der Waals surface area (Å²) in [6.07, 6.45) is -3.10. The maximum absolute atomic E-state index is 13.5. The number of amides is 1. The topological polar surface area (TPSA) is 49.8 Å². The lowest BCUT2D eigenvalue weighted by Gasteiger charge is -2.24. The van der Waals surface area contributed by atoms with E-state index in [1.54, 1.807) is 24.0 Å². The van der Waals surface area contributed by atoms with Crippen LogP contribution in [0.1, 0.15) is 56.8 Å². The maximum Gasteiger partial charge on any atom is 0.416 e. The molecule has 0 saturated heterocycles. The first-order valence-corrected chi connectivity index (χ1v) is 12.3. The SMILES string of the molecule is CCCCCN(CCC(O)c1cc2c(Cl)cc(Cl)cc2c2cc(C(F)(F)F)ccc12)C(=O)OCC. The number of halogens is 5. The van der Waals surface area contributed by atoms with Gasteiger partial charge in [-0.2, -0.15) is 13.2 Å². The standard InChI is InChI=1S/C26H28Cl2F3NO3/c1-3-5-6-10-32(25(34)35-4-2)11-9-24(33)22-15-21-20(13-17(27)14-23(21)28)19-12-16(26(29,30)31)7-8-18(19)22/h7-8,12-15,24,33H,3-6,9-11H2,1-2H3. The monoisotopic (exact) mass is 529 g/mol. The van der Waals surface area contributed by atoms with Gasteiger partial charge in [-0.1, -0.05) is 49.0 Å². The van der Waals surface area contributed by atoms with Crippen LogP contribution in [0.3, 0.4) is 0 Å². The maximum atomic E-state index is 13.5. The van der Waals surface area contributed by atoms with Crippen molar-refractivity contribution in [3.05, 3.63) is 57.6 Å². The fourth-order valence-corrected chi connectivity index (χ4v) is 4.70. The van der Waals surface area contributed by atoms with Crippen LogP contribution in [0.5, 0.6) is 0 Å². The zero-order valence-electron chi connectivity index (χ0n) is 19.6. The Bertz CT molecular complexity index is 1200. The van der Waals surface area contributed by atoms with Gasteiger partial charge in [-0.25, -0.2) is 4.79 Å². The summed E-state index contributed by atoms with van der Waals surface area (Å²) in [4.78, 5) is 13.9. The zero-order valence-corrected chi connectivity index (χ0v) is 21.1. The lowest BCUT2D eigenvalue weighted by molar-refractivity contribution is -0.137. The summed E-state index contributed by atoms with van der Waals surface area (Å²) in [5.74, 6) is 0. The Morgan fingerprint density at radius 2 is 1.71 bits per heavy atom. The Hall–Kier alpha value is -2.22. The lowest BCUT2D eigenvalue weighted by Crippen LogP contribution is -2.34. The molecule has 190 valence electrons. The Morgan fingerprint density at radius 3 is 2.37 bits per heavy atom. The third-order valence-electron chi connectivity index (χ3n) is 5.93. The summed E-state index contributed by atoms with van der Waals surface area (Å²) in [6, 6.07) is 8.16. The van der Waals surface area contributed by atoms with E-state index in [1.807, 2.05) is 0 Å². The second-order valence-electron chi connectivity index (χ2n) is 8.40. The number of nitrogens with zero attached hydrogens (tertiary/aromatic N) is 1. The molecule has 1 N–H and O–H groups in total. The van der Waals surface area contributed by atoms with Crippen LogP contribution in [0.2, 0.25) is 10.0 Å². The van der Waals surface area contributed by atoms with Gasteiger partial charge in [0.05, 0.1) is 18.3 Å². The summed E-state index contributed by atoms with van der Waals surface area (Å²) in [6.45, 7) is 4.76. The van der Waals surface area contributed by atoms with Gasteiger partial charge in [0, 0.05) is 28.5 Å². The molecule has 1 atom stereocenters. The number of hydrogen-bond donors (Lipinski definition) is 1. The minimum Gasteiger partial charge on any atom is -0.450 e. The van der Waals surface area contributed by atoms with Crippen LogP contribution >= 0.6 is 23.2 Å². The van der Waals surface area contributed by atoms with Crippen LogP contribution in [0.15, 0.2) is 36.4 Å². The smallest absolute Gasteiger partial charge is 0.416 e. The largest absolute Gasteiger partial charge is 0.450 e. The van der Waals surface area contributed by atoms with E-state index in [9.17, 15) is 23.1 Å². The van der Waals surface area contributed by atoms with Gasteiger partial charge >= 0.3 is 12.3 Å². The van der Waals surface area contributed by atoms with Crippen LogP contribution < -0.4 is 0 Å². The second-order valence-corrected chi connectivity index (χ2v) is 9.25. The van der Waals surface area contributed by atoms with Gasteiger partial charge in [-0.05, 0) is 71.8 Å². The molecule has 0 aliphatic heterocycles. The average molecular weight is 530 g/mol. The third-order valence-corrected chi connectivity index (χ3v) is 6.46. The van der Waals surface area contributed by atoms with Gasteiger partial charge < -0.3 is 14.7 Å². The summed E-state index contributed by atoms with van der Waals surface area (Å²) < 4.78 is 45.5. The molecular formula is C26H28Cl2F3NO3. The number of unbranched alkanes of at least 4 members (excludes halogenated alkanes) is 2. The van der Waals surface area contributed by atoms with Gasteiger partial charge in [0.15, 0.2) is 0 Å². The average Bonchev–Trinajstić information content (AvgIpc) is 2.79. The first kappa shape index (κ1) is 27.4. The third kappa shape index (κ3) is 6.51. The van der Waals surface area contributed by atoms with Crippen molar-refractivity contribution in [2.75, 3.05) is 19.7 Å². The van der Waals surface area contributed by atoms with Crippen molar-refractivity contribution in [1.29, 1.82) is 0 Å². The molecule has 3 aromatic carbocycles. The normalized spacial score (nSPS) is 12.8. The number of benzene rings is 3. The van der Waals surface area contributed by atoms with Gasteiger partial charge in [0.25, 0.3) is 0 Å². The lowest BCUT2D eigenvalue weighted by atomic mass is 9.92. The molecule has 3 aromatic rings. The first-order chi connectivity index (χ1) is 16.6. The zero-order chi connectivity index (χ0) is 25.8. The van der Waals surface area contributed by atoms with E-state index < -0.39 is 23.9 Å². The number of alkyl halides is 3. The molecule has 1 unspecified atom stereocenters. The Labute approximate surface area is 212 Å². The van der Waals surface area contributed by atoms with Crippen molar-refractivity contribution in [2.24, 2.45) is 0 Å². The van der Waals surface area contributed by atoms with Crippen LogP contribution in [-0.2, 0) is 10.9 Å². The predicted octanol–water partition coefficient (Wildman–Crippen LogP) is 8.39. The molecule has 0 radical (unpaired) electrons. The fraction of sp³-hybridized carbons (Fsp3) is 0.423.